The average Bonchev–Trinajstić information content (AvgIpc) is 3.04. The van der Waals surface area contributed by atoms with Crippen molar-refractivity contribution < 1.29 is 0 Å². The summed E-state index contributed by atoms with van der Waals surface area (Å²) in [6.07, 6.45) is 6.83. The first-order chi connectivity index (χ1) is 13.7. The van der Waals surface area contributed by atoms with Crippen LogP contribution in [0.3, 0.4) is 0 Å². The maximum absolute atomic E-state index is 6.05. The first-order valence-corrected chi connectivity index (χ1v) is 10.5. The van der Waals surface area contributed by atoms with Crippen molar-refractivity contribution in [2.75, 3.05) is 31.1 Å². The van der Waals surface area contributed by atoms with E-state index in [0.717, 1.165) is 49.6 Å². The molecule has 146 valence electrons. The SMILES string of the molecule is Cn1nc(CN2CCN(c3cnc4cc(Cl)ccc4n3)CC2)c2c1CCCC2. The van der Waals surface area contributed by atoms with Gasteiger partial charge in [0.15, 0.2) is 0 Å². The predicted molar refractivity (Wildman–Crippen MR) is 112 cm³/mol. The third-order valence-corrected chi connectivity index (χ3v) is 6.24. The number of fused-ring (bicyclic) bond motifs is 2. The third kappa shape index (κ3) is 3.35. The minimum atomic E-state index is 0.694. The Morgan fingerprint density at radius 3 is 2.71 bits per heavy atom. The molecule has 3 heterocycles. The quantitative estimate of drug-likeness (QED) is 0.680. The summed E-state index contributed by atoms with van der Waals surface area (Å²) in [6, 6.07) is 5.67. The molecule has 1 fully saturated rings. The molecule has 1 aromatic carbocycles. The molecule has 7 heteroatoms. The molecule has 1 aliphatic heterocycles. The lowest BCUT2D eigenvalue weighted by atomic mass is 9.95. The van der Waals surface area contributed by atoms with Gasteiger partial charge in [-0.05, 0) is 49.4 Å². The van der Waals surface area contributed by atoms with Crippen LogP contribution < -0.4 is 4.90 Å². The minimum absolute atomic E-state index is 0.694. The van der Waals surface area contributed by atoms with E-state index in [0.29, 0.717) is 5.02 Å². The molecule has 28 heavy (non-hydrogen) atoms. The lowest BCUT2D eigenvalue weighted by Gasteiger charge is -2.35. The highest BCUT2D eigenvalue weighted by Crippen LogP contribution is 2.25. The van der Waals surface area contributed by atoms with E-state index in [9.17, 15) is 0 Å². The largest absolute Gasteiger partial charge is 0.353 e. The molecule has 0 radical (unpaired) electrons. The first kappa shape index (κ1) is 17.9. The van der Waals surface area contributed by atoms with E-state index in [2.05, 4.69) is 26.5 Å². The van der Waals surface area contributed by atoms with Gasteiger partial charge in [-0.25, -0.2) is 4.98 Å². The number of aromatic nitrogens is 4. The number of hydrogen-bond acceptors (Lipinski definition) is 5. The molecular weight excluding hydrogens is 372 g/mol. The second kappa shape index (κ2) is 7.33. The van der Waals surface area contributed by atoms with Crippen LogP contribution in [0.2, 0.25) is 5.02 Å². The van der Waals surface area contributed by atoms with Crippen molar-refractivity contribution in [2.45, 2.75) is 32.2 Å². The highest BCUT2D eigenvalue weighted by atomic mass is 35.5. The molecule has 0 saturated carbocycles. The summed E-state index contributed by atoms with van der Waals surface area (Å²) in [5.41, 5.74) is 5.98. The number of benzene rings is 1. The zero-order valence-corrected chi connectivity index (χ0v) is 17.0. The first-order valence-electron chi connectivity index (χ1n) is 10.1. The van der Waals surface area contributed by atoms with Gasteiger partial charge in [0.05, 0.1) is 22.9 Å². The molecule has 0 N–H and O–H groups in total. The molecule has 2 aromatic heterocycles. The number of nitrogens with zero attached hydrogens (tertiary/aromatic N) is 6. The zero-order chi connectivity index (χ0) is 19.1. The van der Waals surface area contributed by atoms with Gasteiger partial charge in [-0.15, -0.1) is 0 Å². The molecule has 1 aliphatic carbocycles. The standard InChI is InChI=1S/C21H25ClN6/c1-26-20-5-3-2-4-16(20)19(25-26)14-27-8-10-28(11-9-27)21-13-23-18-12-15(22)6-7-17(18)24-21/h6-7,12-13H,2-5,8-11,14H2,1H3. The molecule has 5 rings (SSSR count). The Hall–Kier alpha value is -2.18. The van der Waals surface area contributed by atoms with Crippen molar-refractivity contribution in [3.8, 4) is 0 Å². The van der Waals surface area contributed by atoms with E-state index in [4.69, 9.17) is 21.7 Å². The molecule has 2 aliphatic rings. The number of piperazine rings is 1. The fourth-order valence-electron chi connectivity index (χ4n) is 4.46. The van der Waals surface area contributed by atoms with Crippen LogP contribution in [0, 0.1) is 0 Å². The van der Waals surface area contributed by atoms with Gasteiger partial charge in [0.2, 0.25) is 0 Å². The Kier molecular flexibility index (Phi) is 4.69. The van der Waals surface area contributed by atoms with Gasteiger partial charge in [0.25, 0.3) is 0 Å². The molecule has 0 atom stereocenters. The molecule has 1 saturated heterocycles. The van der Waals surface area contributed by atoms with E-state index in [1.807, 2.05) is 24.4 Å². The highest BCUT2D eigenvalue weighted by molar-refractivity contribution is 6.31. The number of halogens is 1. The Bertz CT molecular complexity index is 1010. The van der Waals surface area contributed by atoms with Crippen LogP contribution in [-0.2, 0) is 26.4 Å². The summed E-state index contributed by atoms with van der Waals surface area (Å²) in [7, 11) is 2.09. The van der Waals surface area contributed by atoms with Crippen molar-refractivity contribution in [1.82, 2.24) is 24.6 Å². The number of aryl methyl sites for hydroxylation is 1. The van der Waals surface area contributed by atoms with E-state index in [-0.39, 0.29) is 0 Å². The fourth-order valence-corrected chi connectivity index (χ4v) is 4.63. The predicted octanol–water partition coefficient (Wildman–Crippen LogP) is 3.22. The van der Waals surface area contributed by atoms with Crippen molar-refractivity contribution >= 4 is 28.5 Å². The van der Waals surface area contributed by atoms with E-state index >= 15 is 0 Å². The maximum atomic E-state index is 6.05. The summed E-state index contributed by atoms with van der Waals surface area (Å²) in [5.74, 6) is 0.949. The van der Waals surface area contributed by atoms with Crippen LogP contribution in [-0.4, -0.2) is 50.8 Å². The van der Waals surface area contributed by atoms with Gasteiger partial charge in [-0.3, -0.25) is 14.6 Å². The van der Waals surface area contributed by atoms with Crippen molar-refractivity contribution in [2.24, 2.45) is 7.05 Å². The molecule has 6 nitrogen and oxygen atoms in total. The summed E-state index contributed by atoms with van der Waals surface area (Å²) in [5, 5.41) is 5.53. The Morgan fingerprint density at radius 1 is 1.04 bits per heavy atom. The molecule has 0 bridgehead atoms. The second-order valence-corrected chi connectivity index (χ2v) is 8.26. The Morgan fingerprint density at radius 2 is 1.86 bits per heavy atom. The monoisotopic (exact) mass is 396 g/mol. The van der Waals surface area contributed by atoms with Crippen LogP contribution >= 0.6 is 11.6 Å². The van der Waals surface area contributed by atoms with Gasteiger partial charge < -0.3 is 4.90 Å². The lowest BCUT2D eigenvalue weighted by molar-refractivity contribution is 0.245. The summed E-state index contributed by atoms with van der Waals surface area (Å²) < 4.78 is 2.11. The van der Waals surface area contributed by atoms with E-state index in [1.54, 1.807) is 0 Å². The van der Waals surface area contributed by atoms with Crippen LogP contribution in [0.25, 0.3) is 11.0 Å². The Labute approximate surface area is 170 Å². The topological polar surface area (TPSA) is 50.1 Å². The molecular formula is C21H25ClN6. The van der Waals surface area contributed by atoms with E-state index in [1.165, 1.54) is 42.6 Å². The highest BCUT2D eigenvalue weighted by Gasteiger charge is 2.23. The van der Waals surface area contributed by atoms with Gasteiger partial charge in [0.1, 0.15) is 5.82 Å². The summed E-state index contributed by atoms with van der Waals surface area (Å²) in [4.78, 5) is 14.2. The van der Waals surface area contributed by atoms with Gasteiger partial charge >= 0.3 is 0 Å². The third-order valence-electron chi connectivity index (χ3n) is 6.01. The average molecular weight is 397 g/mol. The van der Waals surface area contributed by atoms with E-state index < -0.39 is 0 Å². The van der Waals surface area contributed by atoms with Crippen LogP contribution in [0.15, 0.2) is 24.4 Å². The van der Waals surface area contributed by atoms with Crippen molar-refractivity contribution in [3.05, 3.63) is 46.4 Å². The minimum Gasteiger partial charge on any atom is -0.353 e. The van der Waals surface area contributed by atoms with Gasteiger partial charge in [-0.2, -0.15) is 5.10 Å². The number of hydrogen-bond donors (Lipinski definition) is 0. The van der Waals surface area contributed by atoms with Crippen molar-refractivity contribution in [1.29, 1.82) is 0 Å². The summed E-state index contributed by atoms with van der Waals surface area (Å²) >= 11 is 6.05. The molecule has 0 amide bonds. The second-order valence-electron chi connectivity index (χ2n) is 7.83. The van der Waals surface area contributed by atoms with Gasteiger partial charge in [0, 0.05) is 50.5 Å². The van der Waals surface area contributed by atoms with Crippen LogP contribution in [0.1, 0.15) is 29.8 Å². The summed E-state index contributed by atoms with van der Waals surface area (Å²) in [6.45, 7) is 4.92. The molecule has 0 unspecified atom stereocenters. The molecule has 3 aromatic rings. The molecule has 0 spiro atoms. The zero-order valence-electron chi connectivity index (χ0n) is 16.2. The normalized spacial score (nSPS) is 17.9. The number of anilines is 1. The number of rotatable bonds is 3. The van der Waals surface area contributed by atoms with Crippen molar-refractivity contribution in [3.63, 3.8) is 0 Å². The Balaban J connectivity index is 1.26. The van der Waals surface area contributed by atoms with Crippen LogP contribution in [0.5, 0.6) is 0 Å². The lowest BCUT2D eigenvalue weighted by Crippen LogP contribution is -2.46. The fraction of sp³-hybridized carbons (Fsp3) is 0.476. The van der Waals surface area contributed by atoms with Crippen LogP contribution in [0.4, 0.5) is 5.82 Å². The maximum Gasteiger partial charge on any atom is 0.147 e. The van der Waals surface area contributed by atoms with Gasteiger partial charge in [-0.1, -0.05) is 11.6 Å². The smallest absolute Gasteiger partial charge is 0.147 e.